The molecule has 3 fully saturated rings. The molecule has 3 N–H and O–H groups in total. The molecule has 13 nitrogen and oxygen atoms in total. The average molecular weight is 722 g/mol. The third kappa shape index (κ3) is 8.37. The monoisotopic (exact) mass is 721 g/mol. The van der Waals surface area contributed by atoms with Crippen molar-refractivity contribution in [2.75, 3.05) is 6.54 Å². The topological polar surface area (TPSA) is 173 Å². The summed E-state index contributed by atoms with van der Waals surface area (Å²) in [5, 5.41) is 6.52. The molecule has 1 aromatic carbocycles. The number of nitrogens with one attached hydrogen (secondary N) is 3. The second kappa shape index (κ2) is 14.6. The summed E-state index contributed by atoms with van der Waals surface area (Å²) in [6.45, 7) is 9.08. The highest BCUT2D eigenvalue weighted by molar-refractivity contribution is 7.90. The van der Waals surface area contributed by atoms with E-state index in [0.29, 0.717) is 18.7 Å². The molecule has 6 rings (SSSR count). The van der Waals surface area contributed by atoms with Gasteiger partial charge in [0, 0.05) is 18.0 Å². The number of nitrogens with zero attached hydrogens (tertiary/aromatic N) is 2. The van der Waals surface area contributed by atoms with Gasteiger partial charge in [-0.25, -0.2) is 18.2 Å². The summed E-state index contributed by atoms with van der Waals surface area (Å²) in [7, 11) is -3.88. The maximum atomic E-state index is 14.5. The molecule has 0 spiro atoms. The first-order valence-electron chi connectivity index (χ1n) is 17.7. The second-order valence-electron chi connectivity index (χ2n) is 15.1. The third-order valence-corrected chi connectivity index (χ3v) is 11.9. The zero-order chi connectivity index (χ0) is 36.5. The van der Waals surface area contributed by atoms with Crippen molar-refractivity contribution in [1.29, 1.82) is 0 Å². The van der Waals surface area contributed by atoms with Gasteiger partial charge in [-0.1, -0.05) is 51.1 Å². The van der Waals surface area contributed by atoms with Crippen molar-refractivity contribution in [3.8, 4) is 5.88 Å². The number of amides is 4. The summed E-state index contributed by atoms with van der Waals surface area (Å²) < 4.78 is 39.5. The maximum Gasteiger partial charge on any atom is 0.408 e. The molecule has 14 heteroatoms. The Bertz CT molecular complexity index is 1840. The van der Waals surface area contributed by atoms with Gasteiger partial charge in [-0.05, 0) is 79.4 Å². The van der Waals surface area contributed by atoms with Gasteiger partial charge < -0.3 is 25.0 Å². The lowest BCUT2D eigenvalue weighted by molar-refractivity contribution is -0.142. The minimum absolute atomic E-state index is 0.0169. The van der Waals surface area contributed by atoms with Crippen LogP contribution in [0.3, 0.4) is 0 Å². The first kappa shape index (κ1) is 36.3. The Hall–Kier alpha value is -4.46. The Morgan fingerprint density at radius 2 is 1.92 bits per heavy atom. The quantitative estimate of drug-likeness (QED) is 0.358. The molecular weight excluding hydrogens is 675 g/mol. The Kier molecular flexibility index (Phi) is 10.4. The van der Waals surface area contributed by atoms with E-state index in [0.717, 1.165) is 42.0 Å². The standard InChI is InChI=1S/C37H47N5O8S/c1-5-8-28(32(43)41-51(47,48)26-15-16-26)39-33(44)29-20-25-21-42(29)35(45)31(37(2,3)4)40-36(46)50-30-12-7-11-24(30)10-6-9-22-13-14-23-17-18-38-34(49-25)27(23)19-22/h5-6,9,13-14,17-19,24-26,28-31H,1,7-8,10-12,15-16,20-21H2,2-4H3,(H,39,44)(H,40,46)(H,41,43)/b9-6+/t24-,25+,28?,29-,30-,31+/m0/s1. The molecule has 4 aliphatic rings. The largest absolute Gasteiger partial charge is 0.472 e. The van der Waals surface area contributed by atoms with Crippen LogP contribution in [0.1, 0.15) is 77.7 Å². The molecule has 1 saturated heterocycles. The summed E-state index contributed by atoms with van der Waals surface area (Å²) in [4.78, 5) is 61.0. The average Bonchev–Trinajstić information content (AvgIpc) is 3.73. The first-order valence-corrected chi connectivity index (χ1v) is 19.2. The lowest BCUT2D eigenvalue weighted by Gasteiger charge is -2.35. The molecule has 4 bridgehead atoms. The van der Waals surface area contributed by atoms with Gasteiger partial charge in [0.25, 0.3) is 5.91 Å². The first-order chi connectivity index (χ1) is 24.2. The molecule has 51 heavy (non-hydrogen) atoms. The van der Waals surface area contributed by atoms with Crippen LogP contribution in [0, 0.1) is 11.3 Å². The van der Waals surface area contributed by atoms with Crippen molar-refractivity contribution in [3.63, 3.8) is 0 Å². The van der Waals surface area contributed by atoms with Gasteiger partial charge in [-0.15, -0.1) is 6.58 Å². The van der Waals surface area contributed by atoms with Gasteiger partial charge in [-0.2, -0.15) is 0 Å². The van der Waals surface area contributed by atoms with E-state index in [1.807, 2.05) is 51.1 Å². The van der Waals surface area contributed by atoms with Gasteiger partial charge in [0.2, 0.25) is 27.7 Å². The van der Waals surface area contributed by atoms with Gasteiger partial charge in [-0.3, -0.25) is 19.1 Å². The number of allylic oxidation sites excluding steroid dienone is 1. The summed E-state index contributed by atoms with van der Waals surface area (Å²) in [6, 6.07) is 4.40. The van der Waals surface area contributed by atoms with Crippen molar-refractivity contribution >= 4 is 50.7 Å². The Labute approximate surface area is 298 Å². The highest BCUT2D eigenvalue weighted by Gasteiger charge is 2.47. The number of hydrogen-bond donors (Lipinski definition) is 3. The smallest absolute Gasteiger partial charge is 0.408 e. The molecule has 3 heterocycles. The van der Waals surface area contributed by atoms with Crippen molar-refractivity contribution in [3.05, 3.63) is 54.8 Å². The van der Waals surface area contributed by atoms with E-state index in [1.54, 1.807) is 6.20 Å². The van der Waals surface area contributed by atoms with Crippen LogP contribution in [0.2, 0.25) is 0 Å². The number of aromatic nitrogens is 1. The van der Waals surface area contributed by atoms with E-state index >= 15 is 0 Å². The van der Waals surface area contributed by atoms with E-state index in [1.165, 1.54) is 11.0 Å². The van der Waals surface area contributed by atoms with Crippen LogP contribution >= 0.6 is 0 Å². The highest BCUT2D eigenvalue weighted by Crippen LogP contribution is 2.34. The van der Waals surface area contributed by atoms with Gasteiger partial charge in [0.1, 0.15) is 30.3 Å². The third-order valence-electron chi connectivity index (χ3n) is 10.1. The maximum absolute atomic E-state index is 14.5. The normalized spacial score (nSPS) is 26.9. The Balaban J connectivity index is 1.34. The molecule has 2 saturated carbocycles. The Morgan fingerprint density at radius 3 is 2.65 bits per heavy atom. The molecule has 6 atom stereocenters. The van der Waals surface area contributed by atoms with Gasteiger partial charge in [0.05, 0.1) is 11.8 Å². The van der Waals surface area contributed by atoms with Crippen LogP contribution in [0.25, 0.3) is 16.8 Å². The lowest BCUT2D eigenvalue weighted by Crippen LogP contribution is -2.59. The summed E-state index contributed by atoms with van der Waals surface area (Å²) in [6.07, 6.45) is 9.66. The molecular formula is C37H47N5O8S. The fourth-order valence-corrected chi connectivity index (χ4v) is 8.49. The fourth-order valence-electron chi connectivity index (χ4n) is 7.14. The van der Waals surface area contributed by atoms with E-state index in [-0.39, 0.29) is 31.4 Å². The number of hydrogen-bond acceptors (Lipinski definition) is 9. The lowest BCUT2D eigenvalue weighted by atomic mass is 9.85. The number of alkyl carbamates (subject to hydrolysis) is 1. The van der Waals surface area contributed by atoms with E-state index in [4.69, 9.17) is 9.47 Å². The summed E-state index contributed by atoms with van der Waals surface area (Å²) >= 11 is 0. The molecule has 2 aromatic rings. The van der Waals surface area contributed by atoms with Crippen LogP contribution in [0.15, 0.2) is 49.2 Å². The number of carbonyl (C=O) groups is 4. The van der Waals surface area contributed by atoms with Crippen LogP contribution in [0.5, 0.6) is 5.88 Å². The van der Waals surface area contributed by atoms with E-state index < -0.39 is 68.7 Å². The highest BCUT2D eigenvalue weighted by atomic mass is 32.2. The molecule has 0 radical (unpaired) electrons. The molecule has 2 aliphatic heterocycles. The molecule has 4 amide bonds. The number of ether oxygens (including phenoxy) is 2. The van der Waals surface area contributed by atoms with Crippen LogP contribution < -0.4 is 20.1 Å². The number of benzene rings is 1. The predicted molar refractivity (Wildman–Crippen MR) is 191 cm³/mol. The minimum atomic E-state index is -3.88. The Morgan fingerprint density at radius 1 is 1.14 bits per heavy atom. The van der Waals surface area contributed by atoms with Crippen molar-refractivity contribution in [1.82, 2.24) is 25.2 Å². The predicted octanol–water partition coefficient (Wildman–Crippen LogP) is 3.98. The van der Waals surface area contributed by atoms with E-state index in [2.05, 4.69) is 33.0 Å². The van der Waals surface area contributed by atoms with Gasteiger partial charge in [0.15, 0.2) is 0 Å². The molecule has 1 aromatic heterocycles. The molecule has 2 aliphatic carbocycles. The summed E-state index contributed by atoms with van der Waals surface area (Å²) in [5.41, 5.74) is 0.156. The SMILES string of the molecule is C=CCC(NC(=O)[C@@H]1C[C@@H]2CN1C(=O)[C@H](C(C)(C)C)NC(=O)O[C@H]1CCC[C@@H]1C/C=C/c1ccc3ccnc(c3c1)O2)C(=O)NS(=O)(=O)C1CC1. The van der Waals surface area contributed by atoms with Crippen molar-refractivity contribution in [2.45, 2.75) is 108 Å². The molecule has 1 unspecified atom stereocenters. The van der Waals surface area contributed by atoms with Crippen molar-refractivity contribution in [2.24, 2.45) is 11.3 Å². The number of pyridine rings is 1. The van der Waals surface area contributed by atoms with Crippen LogP contribution in [0.4, 0.5) is 4.79 Å². The van der Waals surface area contributed by atoms with E-state index in [9.17, 15) is 27.6 Å². The van der Waals surface area contributed by atoms with Crippen molar-refractivity contribution < 1.29 is 37.1 Å². The van der Waals surface area contributed by atoms with Crippen LogP contribution in [-0.2, 0) is 29.1 Å². The number of fused-ring (bicyclic) bond motifs is 4. The minimum Gasteiger partial charge on any atom is -0.472 e. The fraction of sp³-hybridized carbons (Fsp3) is 0.541. The summed E-state index contributed by atoms with van der Waals surface area (Å²) in [5.74, 6) is -1.60. The zero-order valence-corrected chi connectivity index (χ0v) is 30.1. The number of rotatable bonds is 7. The van der Waals surface area contributed by atoms with Gasteiger partial charge >= 0.3 is 6.09 Å². The number of carbonyl (C=O) groups excluding carboxylic acids is 4. The van der Waals surface area contributed by atoms with Crippen LogP contribution in [-0.4, -0.2) is 84.2 Å². The second-order valence-corrected chi connectivity index (χ2v) is 17.1. The zero-order valence-electron chi connectivity index (χ0n) is 29.3. The molecule has 274 valence electrons. The number of sulfonamides is 1.